The van der Waals surface area contributed by atoms with Crippen molar-refractivity contribution >= 4 is 27.8 Å². The van der Waals surface area contributed by atoms with Crippen molar-refractivity contribution in [2.24, 2.45) is 5.10 Å². The molecule has 5 nitrogen and oxygen atoms in total. The molecule has 2 aromatic heterocycles. The Morgan fingerprint density at radius 3 is 2.95 bits per heavy atom. The minimum absolute atomic E-state index is 0.147. The third-order valence-corrected chi connectivity index (χ3v) is 4.61. The first-order valence-electron chi connectivity index (χ1n) is 6.76. The molecule has 0 unspecified atom stereocenters. The normalized spacial score (nSPS) is 11.4. The van der Waals surface area contributed by atoms with Gasteiger partial charge in [-0.2, -0.15) is 9.78 Å². The predicted octanol–water partition coefficient (Wildman–Crippen LogP) is 2.97. The van der Waals surface area contributed by atoms with Crippen LogP contribution in [-0.4, -0.2) is 23.0 Å². The molecule has 0 amide bonds. The standard InChI is InChI=1S/C16H15N3O2S/c1-10-11(2)22-15-14(10)16(20)19(9-17-15)18-8-12-5-4-6-13(7-12)21-3/h4-9H,1-3H3. The Balaban J connectivity index is 2.03. The van der Waals surface area contributed by atoms with E-state index in [9.17, 15) is 4.79 Å². The van der Waals surface area contributed by atoms with Crippen LogP contribution in [0.2, 0.25) is 0 Å². The molecule has 0 radical (unpaired) electrons. The van der Waals surface area contributed by atoms with Crippen molar-refractivity contribution in [3.63, 3.8) is 0 Å². The van der Waals surface area contributed by atoms with Crippen molar-refractivity contribution in [2.75, 3.05) is 7.11 Å². The van der Waals surface area contributed by atoms with E-state index in [1.54, 1.807) is 13.3 Å². The third-order valence-electron chi connectivity index (χ3n) is 3.50. The number of thiophene rings is 1. The number of methoxy groups -OCH3 is 1. The molecule has 3 rings (SSSR count). The van der Waals surface area contributed by atoms with Gasteiger partial charge in [0.1, 0.15) is 16.9 Å². The first-order chi connectivity index (χ1) is 10.6. The van der Waals surface area contributed by atoms with Crippen LogP contribution in [0.5, 0.6) is 5.75 Å². The zero-order valence-corrected chi connectivity index (χ0v) is 13.3. The Morgan fingerprint density at radius 2 is 2.18 bits per heavy atom. The van der Waals surface area contributed by atoms with Gasteiger partial charge in [-0.1, -0.05) is 12.1 Å². The maximum atomic E-state index is 12.5. The van der Waals surface area contributed by atoms with Crippen LogP contribution in [0.1, 0.15) is 16.0 Å². The highest BCUT2D eigenvalue weighted by Gasteiger charge is 2.11. The van der Waals surface area contributed by atoms with E-state index >= 15 is 0 Å². The van der Waals surface area contributed by atoms with E-state index in [1.807, 2.05) is 38.1 Å². The van der Waals surface area contributed by atoms with Crippen molar-refractivity contribution < 1.29 is 4.74 Å². The van der Waals surface area contributed by atoms with E-state index in [0.717, 1.165) is 26.6 Å². The van der Waals surface area contributed by atoms with E-state index in [1.165, 1.54) is 22.3 Å². The van der Waals surface area contributed by atoms with Gasteiger partial charge >= 0.3 is 0 Å². The predicted molar refractivity (Wildman–Crippen MR) is 89.3 cm³/mol. The molecule has 0 saturated carbocycles. The maximum Gasteiger partial charge on any atom is 0.282 e. The fourth-order valence-corrected chi connectivity index (χ4v) is 3.15. The molecule has 0 bridgehead atoms. The summed E-state index contributed by atoms with van der Waals surface area (Å²) >= 11 is 1.53. The highest BCUT2D eigenvalue weighted by molar-refractivity contribution is 7.18. The number of fused-ring (bicyclic) bond motifs is 1. The first-order valence-corrected chi connectivity index (χ1v) is 7.57. The minimum atomic E-state index is -0.147. The SMILES string of the molecule is COc1cccc(C=Nn2cnc3sc(C)c(C)c3c2=O)c1. The number of benzene rings is 1. The van der Waals surface area contributed by atoms with Crippen LogP contribution in [0.25, 0.3) is 10.2 Å². The van der Waals surface area contributed by atoms with Gasteiger partial charge in [0.2, 0.25) is 0 Å². The average molecular weight is 313 g/mol. The monoisotopic (exact) mass is 313 g/mol. The van der Waals surface area contributed by atoms with Crippen LogP contribution in [0.3, 0.4) is 0 Å². The van der Waals surface area contributed by atoms with E-state index in [2.05, 4.69) is 10.1 Å². The summed E-state index contributed by atoms with van der Waals surface area (Å²) in [5, 5.41) is 4.86. The summed E-state index contributed by atoms with van der Waals surface area (Å²) < 4.78 is 6.43. The molecule has 0 fully saturated rings. The second-order valence-electron chi connectivity index (χ2n) is 4.88. The average Bonchev–Trinajstić information content (AvgIpc) is 2.82. The fraction of sp³-hybridized carbons (Fsp3) is 0.188. The molecular weight excluding hydrogens is 298 g/mol. The number of ether oxygens (including phenoxy) is 1. The lowest BCUT2D eigenvalue weighted by Gasteiger charge is -2.01. The molecule has 0 spiro atoms. The Morgan fingerprint density at radius 1 is 1.36 bits per heavy atom. The topological polar surface area (TPSA) is 56.5 Å². The number of hydrogen-bond acceptors (Lipinski definition) is 5. The molecule has 1 aromatic carbocycles. The highest BCUT2D eigenvalue weighted by atomic mass is 32.1. The van der Waals surface area contributed by atoms with Crippen LogP contribution >= 0.6 is 11.3 Å². The molecular formula is C16H15N3O2S. The summed E-state index contributed by atoms with van der Waals surface area (Å²) in [5.74, 6) is 0.745. The molecule has 0 aliphatic carbocycles. The van der Waals surface area contributed by atoms with Crippen molar-refractivity contribution in [1.29, 1.82) is 0 Å². The largest absolute Gasteiger partial charge is 0.497 e. The third kappa shape index (κ3) is 2.53. The molecule has 3 aromatic rings. The Kier molecular flexibility index (Phi) is 3.77. The molecule has 22 heavy (non-hydrogen) atoms. The van der Waals surface area contributed by atoms with Crippen molar-refractivity contribution in [2.45, 2.75) is 13.8 Å². The van der Waals surface area contributed by atoms with Gasteiger partial charge in [0.05, 0.1) is 18.7 Å². The van der Waals surface area contributed by atoms with Gasteiger partial charge in [-0.3, -0.25) is 4.79 Å². The number of aryl methyl sites for hydroxylation is 2. The summed E-state index contributed by atoms with van der Waals surface area (Å²) in [6, 6.07) is 7.47. The van der Waals surface area contributed by atoms with Crippen LogP contribution in [-0.2, 0) is 0 Å². The highest BCUT2D eigenvalue weighted by Crippen LogP contribution is 2.25. The lowest BCUT2D eigenvalue weighted by Crippen LogP contribution is -2.16. The van der Waals surface area contributed by atoms with Gasteiger partial charge in [0.15, 0.2) is 0 Å². The number of nitrogens with zero attached hydrogens (tertiary/aromatic N) is 3. The molecule has 0 atom stereocenters. The van der Waals surface area contributed by atoms with E-state index in [-0.39, 0.29) is 5.56 Å². The quantitative estimate of drug-likeness (QED) is 0.699. The zero-order valence-electron chi connectivity index (χ0n) is 12.5. The molecule has 6 heteroatoms. The maximum absolute atomic E-state index is 12.5. The Hall–Kier alpha value is -2.47. The van der Waals surface area contributed by atoms with Crippen LogP contribution in [0.4, 0.5) is 0 Å². The second kappa shape index (κ2) is 5.73. The number of hydrogen-bond donors (Lipinski definition) is 0. The number of aromatic nitrogens is 2. The summed E-state index contributed by atoms with van der Waals surface area (Å²) in [6.07, 6.45) is 3.07. The molecule has 0 aliphatic heterocycles. The van der Waals surface area contributed by atoms with E-state index < -0.39 is 0 Å². The summed E-state index contributed by atoms with van der Waals surface area (Å²) in [7, 11) is 1.61. The first kappa shape index (κ1) is 14.5. The van der Waals surface area contributed by atoms with E-state index in [4.69, 9.17) is 4.74 Å². The summed E-state index contributed by atoms with van der Waals surface area (Å²) in [4.78, 5) is 18.7. The summed E-state index contributed by atoms with van der Waals surface area (Å²) in [6.45, 7) is 3.93. The lowest BCUT2D eigenvalue weighted by molar-refractivity contribution is 0.415. The van der Waals surface area contributed by atoms with Gasteiger partial charge < -0.3 is 4.74 Å². The fourth-order valence-electron chi connectivity index (χ4n) is 2.16. The van der Waals surface area contributed by atoms with Gasteiger partial charge in [-0.15, -0.1) is 11.3 Å². The van der Waals surface area contributed by atoms with Crippen molar-refractivity contribution in [3.05, 3.63) is 57.0 Å². The Bertz CT molecular complexity index is 925. The van der Waals surface area contributed by atoms with E-state index in [0.29, 0.717) is 5.39 Å². The molecule has 2 heterocycles. The molecule has 0 N–H and O–H groups in total. The van der Waals surface area contributed by atoms with Gasteiger partial charge in [-0.05, 0) is 37.1 Å². The van der Waals surface area contributed by atoms with Crippen molar-refractivity contribution in [1.82, 2.24) is 9.66 Å². The smallest absolute Gasteiger partial charge is 0.282 e. The van der Waals surface area contributed by atoms with Gasteiger partial charge in [0, 0.05) is 4.88 Å². The minimum Gasteiger partial charge on any atom is -0.497 e. The molecule has 0 saturated heterocycles. The van der Waals surface area contributed by atoms with Crippen LogP contribution in [0, 0.1) is 13.8 Å². The van der Waals surface area contributed by atoms with Gasteiger partial charge in [-0.25, -0.2) is 4.98 Å². The molecule has 0 aliphatic rings. The van der Waals surface area contributed by atoms with Gasteiger partial charge in [0.25, 0.3) is 5.56 Å². The Labute approximate surface area is 131 Å². The molecule has 112 valence electrons. The zero-order chi connectivity index (χ0) is 15.7. The van der Waals surface area contributed by atoms with Crippen LogP contribution in [0.15, 0.2) is 40.5 Å². The lowest BCUT2D eigenvalue weighted by atomic mass is 10.2. The number of rotatable bonds is 3. The van der Waals surface area contributed by atoms with Crippen molar-refractivity contribution in [3.8, 4) is 5.75 Å². The van der Waals surface area contributed by atoms with Crippen LogP contribution < -0.4 is 10.3 Å². The second-order valence-corrected chi connectivity index (χ2v) is 6.08. The summed E-state index contributed by atoms with van der Waals surface area (Å²) in [5.41, 5.74) is 1.68.